The summed E-state index contributed by atoms with van der Waals surface area (Å²) in [7, 11) is 1.63. The second-order valence-corrected chi connectivity index (χ2v) is 5.08. The Labute approximate surface area is 134 Å². The van der Waals surface area contributed by atoms with Crippen molar-refractivity contribution in [1.29, 1.82) is 0 Å². The number of hydrogen-bond donors (Lipinski definition) is 1. The van der Waals surface area contributed by atoms with E-state index in [1.165, 1.54) is 0 Å². The Morgan fingerprint density at radius 3 is 2.35 bits per heavy atom. The van der Waals surface area contributed by atoms with E-state index < -0.39 is 0 Å². The molecule has 1 amide bonds. The van der Waals surface area contributed by atoms with E-state index in [0.29, 0.717) is 5.75 Å². The maximum Gasteiger partial charge on any atom is 0.262 e. The summed E-state index contributed by atoms with van der Waals surface area (Å²) in [5.41, 5.74) is 0.754. The fourth-order valence-corrected chi connectivity index (χ4v) is 2.29. The Morgan fingerprint density at radius 1 is 0.913 bits per heavy atom. The van der Waals surface area contributed by atoms with Crippen molar-refractivity contribution in [2.24, 2.45) is 0 Å². The van der Waals surface area contributed by atoms with Gasteiger partial charge in [-0.15, -0.1) is 0 Å². The van der Waals surface area contributed by atoms with Gasteiger partial charge in [0.05, 0.1) is 7.11 Å². The zero-order valence-corrected chi connectivity index (χ0v) is 12.8. The molecule has 3 rings (SSSR count). The molecule has 4 heteroatoms. The van der Waals surface area contributed by atoms with Gasteiger partial charge in [0.15, 0.2) is 6.61 Å². The van der Waals surface area contributed by atoms with Gasteiger partial charge in [0.1, 0.15) is 11.5 Å². The highest BCUT2D eigenvalue weighted by Gasteiger charge is 2.04. The molecular weight excluding hydrogens is 290 g/mol. The number of carbonyl (C=O) groups excluding carboxylic acids is 1. The molecule has 0 aromatic heterocycles. The van der Waals surface area contributed by atoms with Crippen molar-refractivity contribution < 1.29 is 14.3 Å². The van der Waals surface area contributed by atoms with Crippen LogP contribution in [0.3, 0.4) is 0 Å². The van der Waals surface area contributed by atoms with E-state index in [-0.39, 0.29) is 12.5 Å². The molecule has 23 heavy (non-hydrogen) atoms. The van der Waals surface area contributed by atoms with Crippen LogP contribution in [0.25, 0.3) is 10.8 Å². The first-order valence-corrected chi connectivity index (χ1v) is 7.30. The summed E-state index contributed by atoms with van der Waals surface area (Å²) < 4.78 is 10.8. The maximum atomic E-state index is 11.9. The van der Waals surface area contributed by atoms with E-state index in [1.807, 2.05) is 66.7 Å². The third-order valence-electron chi connectivity index (χ3n) is 3.45. The van der Waals surface area contributed by atoms with Crippen molar-refractivity contribution in [2.45, 2.75) is 0 Å². The molecule has 0 saturated heterocycles. The normalized spacial score (nSPS) is 10.3. The van der Waals surface area contributed by atoms with E-state index in [9.17, 15) is 4.79 Å². The zero-order chi connectivity index (χ0) is 16.1. The van der Waals surface area contributed by atoms with Crippen LogP contribution < -0.4 is 14.8 Å². The van der Waals surface area contributed by atoms with Crippen LogP contribution in [-0.2, 0) is 4.79 Å². The molecule has 0 aliphatic rings. The summed E-state index contributed by atoms with van der Waals surface area (Å²) in [6.07, 6.45) is 0. The van der Waals surface area contributed by atoms with E-state index >= 15 is 0 Å². The molecule has 0 heterocycles. The number of rotatable bonds is 5. The second kappa shape index (κ2) is 6.83. The summed E-state index contributed by atoms with van der Waals surface area (Å²) in [6.45, 7) is -0.0373. The van der Waals surface area contributed by atoms with Gasteiger partial charge >= 0.3 is 0 Å². The van der Waals surface area contributed by atoms with Crippen LogP contribution in [0.2, 0.25) is 0 Å². The number of para-hydroxylation sites is 1. The fourth-order valence-electron chi connectivity index (χ4n) is 2.29. The van der Waals surface area contributed by atoms with E-state index in [1.54, 1.807) is 7.11 Å². The van der Waals surface area contributed by atoms with Crippen molar-refractivity contribution in [3.8, 4) is 11.5 Å². The quantitative estimate of drug-likeness (QED) is 0.778. The third kappa shape index (κ3) is 3.80. The van der Waals surface area contributed by atoms with Crippen LogP contribution in [0.15, 0.2) is 66.7 Å². The molecule has 3 aromatic carbocycles. The Kier molecular flexibility index (Phi) is 4.43. The Bertz CT molecular complexity index is 815. The highest BCUT2D eigenvalue weighted by molar-refractivity contribution is 5.92. The number of benzene rings is 3. The van der Waals surface area contributed by atoms with Crippen LogP contribution >= 0.6 is 0 Å². The van der Waals surface area contributed by atoms with Crippen LogP contribution in [0.4, 0.5) is 5.69 Å². The first-order valence-electron chi connectivity index (χ1n) is 7.30. The summed E-state index contributed by atoms with van der Waals surface area (Å²) >= 11 is 0. The van der Waals surface area contributed by atoms with Crippen molar-refractivity contribution in [3.63, 3.8) is 0 Å². The summed E-state index contributed by atoms with van der Waals surface area (Å²) in [6, 6.07) is 20.8. The highest BCUT2D eigenvalue weighted by Crippen LogP contribution is 2.24. The highest BCUT2D eigenvalue weighted by atomic mass is 16.5. The predicted molar refractivity (Wildman–Crippen MR) is 91.1 cm³/mol. The lowest BCUT2D eigenvalue weighted by atomic mass is 10.1. The molecule has 116 valence electrons. The van der Waals surface area contributed by atoms with Crippen molar-refractivity contribution >= 4 is 22.4 Å². The summed E-state index contributed by atoms with van der Waals surface area (Å²) in [5, 5.41) is 4.88. The first kappa shape index (κ1) is 14.9. The topological polar surface area (TPSA) is 47.6 Å². The van der Waals surface area contributed by atoms with Crippen molar-refractivity contribution in [3.05, 3.63) is 66.7 Å². The fraction of sp³-hybridized carbons (Fsp3) is 0.105. The lowest BCUT2D eigenvalue weighted by Gasteiger charge is -2.09. The van der Waals surface area contributed by atoms with Gasteiger partial charge in [-0.2, -0.15) is 0 Å². The minimum atomic E-state index is -0.193. The van der Waals surface area contributed by atoms with Gasteiger partial charge in [-0.3, -0.25) is 4.79 Å². The summed E-state index contributed by atoms with van der Waals surface area (Å²) in [5.74, 6) is 1.24. The minimum absolute atomic E-state index is 0.0373. The lowest BCUT2D eigenvalue weighted by molar-refractivity contribution is -0.118. The van der Waals surface area contributed by atoms with Gasteiger partial charge in [0.25, 0.3) is 5.91 Å². The molecule has 0 fully saturated rings. The lowest BCUT2D eigenvalue weighted by Crippen LogP contribution is -2.20. The Morgan fingerprint density at radius 2 is 1.61 bits per heavy atom. The molecule has 4 nitrogen and oxygen atoms in total. The largest absolute Gasteiger partial charge is 0.497 e. The molecule has 0 aliphatic heterocycles. The molecule has 0 aliphatic carbocycles. The molecule has 0 unspecified atom stereocenters. The maximum absolute atomic E-state index is 11.9. The van der Waals surface area contributed by atoms with E-state index in [0.717, 1.165) is 22.2 Å². The molecular formula is C19H17NO3. The van der Waals surface area contributed by atoms with E-state index in [4.69, 9.17) is 9.47 Å². The predicted octanol–water partition coefficient (Wildman–Crippen LogP) is 3.87. The molecule has 1 N–H and O–H groups in total. The van der Waals surface area contributed by atoms with Gasteiger partial charge in [-0.1, -0.05) is 30.3 Å². The standard InChI is InChI=1S/C19H17NO3/c1-22-17-9-7-14-8-10-18(12-15(14)11-17)23-13-19(21)20-16-5-3-2-4-6-16/h2-12H,13H2,1H3,(H,20,21). The first-order chi connectivity index (χ1) is 11.2. The molecule has 0 saturated carbocycles. The number of carbonyl (C=O) groups is 1. The number of anilines is 1. The SMILES string of the molecule is COc1ccc2ccc(OCC(=O)Nc3ccccc3)cc2c1. The monoisotopic (exact) mass is 307 g/mol. The van der Waals surface area contributed by atoms with Gasteiger partial charge in [-0.25, -0.2) is 0 Å². The average Bonchev–Trinajstić information content (AvgIpc) is 2.60. The number of ether oxygens (including phenoxy) is 2. The molecule has 0 spiro atoms. The third-order valence-corrected chi connectivity index (χ3v) is 3.45. The van der Waals surface area contributed by atoms with E-state index in [2.05, 4.69) is 5.32 Å². The Balaban J connectivity index is 1.65. The Hall–Kier alpha value is -3.01. The number of methoxy groups -OCH3 is 1. The molecule has 0 atom stereocenters. The number of amides is 1. The van der Waals surface area contributed by atoms with Crippen LogP contribution in [0.5, 0.6) is 11.5 Å². The number of hydrogen-bond acceptors (Lipinski definition) is 3. The average molecular weight is 307 g/mol. The summed E-state index contributed by atoms with van der Waals surface area (Å²) in [4.78, 5) is 11.9. The van der Waals surface area contributed by atoms with Crippen LogP contribution in [0.1, 0.15) is 0 Å². The van der Waals surface area contributed by atoms with Crippen molar-refractivity contribution in [2.75, 3.05) is 19.0 Å². The second-order valence-electron chi connectivity index (χ2n) is 5.08. The van der Waals surface area contributed by atoms with Gasteiger partial charge in [0, 0.05) is 5.69 Å². The minimum Gasteiger partial charge on any atom is -0.497 e. The van der Waals surface area contributed by atoms with Gasteiger partial charge < -0.3 is 14.8 Å². The smallest absolute Gasteiger partial charge is 0.262 e. The molecule has 3 aromatic rings. The number of fused-ring (bicyclic) bond motifs is 1. The molecule has 0 radical (unpaired) electrons. The van der Waals surface area contributed by atoms with Crippen molar-refractivity contribution in [1.82, 2.24) is 0 Å². The van der Waals surface area contributed by atoms with Crippen LogP contribution in [0, 0.1) is 0 Å². The van der Waals surface area contributed by atoms with Gasteiger partial charge in [0.2, 0.25) is 0 Å². The molecule has 0 bridgehead atoms. The zero-order valence-electron chi connectivity index (χ0n) is 12.8. The van der Waals surface area contributed by atoms with Gasteiger partial charge in [-0.05, 0) is 47.2 Å². The van der Waals surface area contributed by atoms with Crippen LogP contribution in [-0.4, -0.2) is 19.6 Å². The number of nitrogens with one attached hydrogen (secondary N) is 1.